The van der Waals surface area contributed by atoms with Crippen molar-refractivity contribution in [3.63, 3.8) is 0 Å². The van der Waals surface area contributed by atoms with E-state index in [4.69, 9.17) is 9.31 Å². The lowest BCUT2D eigenvalue weighted by atomic mass is 9.78. The standard InChI is InChI=1S/C14H20BNO3/c1-13(2)14(3,4)19-15(18-13)11-6-10(9-17)7-12(8-11)16-5/h6-9,16H,1-5H3. The highest BCUT2D eigenvalue weighted by molar-refractivity contribution is 6.62. The summed E-state index contributed by atoms with van der Waals surface area (Å²) in [5, 5.41) is 3.04. The minimum Gasteiger partial charge on any atom is -0.399 e. The van der Waals surface area contributed by atoms with Gasteiger partial charge in [0.05, 0.1) is 11.2 Å². The molecule has 1 aromatic carbocycles. The number of carbonyl (C=O) groups is 1. The third kappa shape index (κ3) is 2.53. The molecule has 1 aromatic rings. The number of aldehydes is 1. The third-order valence-corrected chi connectivity index (χ3v) is 3.93. The number of hydrogen-bond donors (Lipinski definition) is 1. The van der Waals surface area contributed by atoms with E-state index in [1.54, 1.807) is 12.1 Å². The molecule has 0 saturated carbocycles. The summed E-state index contributed by atoms with van der Waals surface area (Å²) < 4.78 is 12.0. The number of benzene rings is 1. The first-order chi connectivity index (χ1) is 8.79. The van der Waals surface area contributed by atoms with Crippen LogP contribution < -0.4 is 10.8 Å². The molecule has 1 N–H and O–H groups in total. The van der Waals surface area contributed by atoms with E-state index in [1.165, 1.54) is 0 Å². The lowest BCUT2D eigenvalue weighted by molar-refractivity contribution is 0.00578. The number of nitrogens with one attached hydrogen (secondary N) is 1. The Hall–Kier alpha value is -1.33. The second-order valence-electron chi connectivity index (χ2n) is 5.84. The average Bonchev–Trinajstić information content (AvgIpc) is 2.58. The molecule has 19 heavy (non-hydrogen) atoms. The molecule has 1 aliphatic heterocycles. The van der Waals surface area contributed by atoms with E-state index in [0.29, 0.717) is 5.56 Å². The average molecular weight is 261 g/mol. The van der Waals surface area contributed by atoms with E-state index >= 15 is 0 Å². The van der Waals surface area contributed by atoms with Gasteiger partial charge < -0.3 is 14.6 Å². The summed E-state index contributed by atoms with van der Waals surface area (Å²) in [6.07, 6.45) is 0.829. The highest BCUT2D eigenvalue weighted by Gasteiger charge is 2.51. The molecule has 5 heteroatoms. The van der Waals surface area contributed by atoms with Crippen LogP contribution in [-0.4, -0.2) is 31.7 Å². The van der Waals surface area contributed by atoms with Crippen LogP contribution >= 0.6 is 0 Å². The molecule has 1 heterocycles. The predicted molar refractivity (Wildman–Crippen MR) is 77.1 cm³/mol. The molecule has 0 spiro atoms. The van der Waals surface area contributed by atoms with Crippen molar-refractivity contribution >= 4 is 24.6 Å². The molecule has 1 saturated heterocycles. The van der Waals surface area contributed by atoms with Gasteiger partial charge >= 0.3 is 7.12 Å². The molecule has 4 nitrogen and oxygen atoms in total. The van der Waals surface area contributed by atoms with Gasteiger partial charge in [-0.05, 0) is 45.3 Å². The van der Waals surface area contributed by atoms with Crippen molar-refractivity contribution in [3.05, 3.63) is 23.8 Å². The second kappa shape index (κ2) is 4.65. The van der Waals surface area contributed by atoms with Crippen LogP contribution in [0, 0.1) is 0 Å². The molecule has 0 bridgehead atoms. The van der Waals surface area contributed by atoms with Gasteiger partial charge in [0.25, 0.3) is 0 Å². The zero-order valence-corrected chi connectivity index (χ0v) is 12.1. The topological polar surface area (TPSA) is 47.6 Å². The van der Waals surface area contributed by atoms with E-state index in [9.17, 15) is 4.79 Å². The molecule has 2 rings (SSSR count). The Morgan fingerprint density at radius 3 is 2.16 bits per heavy atom. The number of rotatable bonds is 3. The van der Waals surface area contributed by atoms with Crippen molar-refractivity contribution in [1.82, 2.24) is 0 Å². The fraction of sp³-hybridized carbons (Fsp3) is 0.500. The SMILES string of the molecule is CNc1cc(C=O)cc(B2OC(C)(C)C(C)(C)O2)c1. The zero-order valence-electron chi connectivity index (χ0n) is 12.1. The van der Waals surface area contributed by atoms with Crippen molar-refractivity contribution in [3.8, 4) is 0 Å². The van der Waals surface area contributed by atoms with E-state index in [2.05, 4.69) is 5.32 Å². The number of anilines is 1. The Morgan fingerprint density at radius 2 is 1.68 bits per heavy atom. The maximum Gasteiger partial charge on any atom is 0.494 e. The van der Waals surface area contributed by atoms with Gasteiger partial charge in [0.15, 0.2) is 0 Å². The Kier molecular flexibility index (Phi) is 3.45. The van der Waals surface area contributed by atoms with Crippen LogP contribution in [0.15, 0.2) is 18.2 Å². The van der Waals surface area contributed by atoms with Crippen LogP contribution in [0.4, 0.5) is 5.69 Å². The molecular weight excluding hydrogens is 241 g/mol. The molecule has 0 radical (unpaired) electrons. The minimum absolute atomic E-state index is 0.380. The van der Waals surface area contributed by atoms with Gasteiger partial charge in [-0.2, -0.15) is 0 Å². The Balaban J connectivity index is 2.36. The summed E-state index contributed by atoms with van der Waals surface area (Å²) >= 11 is 0. The molecule has 102 valence electrons. The molecule has 0 aliphatic carbocycles. The Morgan fingerprint density at radius 1 is 1.11 bits per heavy atom. The van der Waals surface area contributed by atoms with Gasteiger partial charge in [0.2, 0.25) is 0 Å². The Labute approximate surface area is 114 Å². The summed E-state index contributed by atoms with van der Waals surface area (Å²) in [6, 6.07) is 5.53. The van der Waals surface area contributed by atoms with E-state index < -0.39 is 7.12 Å². The molecular formula is C14H20BNO3. The molecule has 1 fully saturated rings. The minimum atomic E-state index is -0.447. The van der Waals surface area contributed by atoms with Gasteiger partial charge in [0.1, 0.15) is 6.29 Å². The normalized spacial score (nSPS) is 20.4. The lowest BCUT2D eigenvalue weighted by Gasteiger charge is -2.32. The molecule has 0 unspecified atom stereocenters. The number of carbonyl (C=O) groups excluding carboxylic acids is 1. The van der Waals surface area contributed by atoms with Crippen LogP contribution in [-0.2, 0) is 9.31 Å². The van der Waals surface area contributed by atoms with E-state index in [1.807, 2.05) is 40.8 Å². The first kappa shape index (κ1) is 14.1. The quantitative estimate of drug-likeness (QED) is 0.666. The van der Waals surface area contributed by atoms with Crippen LogP contribution in [0.5, 0.6) is 0 Å². The largest absolute Gasteiger partial charge is 0.494 e. The Bertz CT molecular complexity index is 483. The summed E-state index contributed by atoms with van der Waals surface area (Å²) in [5.41, 5.74) is 1.57. The second-order valence-corrected chi connectivity index (χ2v) is 5.84. The monoisotopic (exact) mass is 261 g/mol. The van der Waals surface area contributed by atoms with Crippen molar-refractivity contribution in [2.24, 2.45) is 0 Å². The highest BCUT2D eigenvalue weighted by atomic mass is 16.7. The fourth-order valence-electron chi connectivity index (χ4n) is 2.00. The summed E-state index contributed by atoms with van der Waals surface area (Å²) in [7, 11) is 1.37. The van der Waals surface area contributed by atoms with Crippen molar-refractivity contribution < 1.29 is 14.1 Å². The van der Waals surface area contributed by atoms with Crippen LogP contribution in [0.25, 0.3) is 0 Å². The van der Waals surface area contributed by atoms with Gasteiger partial charge in [-0.3, -0.25) is 4.79 Å². The molecule has 0 aromatic heterocycles. The molecule has 0 atom stereocenters. The van der Waals surface area contributed by atoms with Crippen molar-refractivity contribution in [1.29, 1.82) is 0 Å². The number of hydrogen-bond acceptors (Lipinski definition) is 4. The van der Waals surface area contributed by atoms with Gasteiger partial charge in [-0.1, -0.05) is 6.07 Å². The lowest BCUT2D eigenvalue weighted by Crippen LogP contribution is -2.41. The van der Waals surface area contributed by atoms with Gasteiger partial charge in [0, 0.05) is 18.3 Å². The van der Waals surface area contributed by atoms with Crippen LogP contribution in [0.1, 0.15) is 38.1 Å². The summed E-state index contributed by atoms with van der Waals surface area (Å²) in [6.45, 7) is 8.04. The fourth-order valence-corrected chi connectivity index (χ4v) is 2.00. The van der Waals surface area contributed by atoms with Crippen LogP contribution in [0.2, 0.25) is 0 Å². The zero-order chi connectivity index (χ0) is 14.3. The predicted octanol–water partition coefficient (Wildman–Crippen LogP) is 1.84. The maximum atomic E-state index is 11.0. The first-order valence-corrected chi connectivity index (χ1v) is 6.42. The maximum absolute atomic E-state index is 11.0. The van der Waals surface area contributed by atoms with Crippen LogP contribution in [0.3, 0.4) is 0 Å². The van der Waals surface area contributed by atoms with Gasteiger partial charge in [-0.25, -0.2) is 0 Å². The van der Waals surface area contributed by atoms with Crippen molar-refractivity contribution in [2.45, 2.75) is 38.9 Å². The molecule has 0 amide bonds. The van der Waals surface area contributed by atoms with Gasteiger partial charge in [-0.15, -0.1) is 0 Å². The summed E-state index contributed by atoms with van der Waals surface area (Å²) in [5.74, 6) is 0. The third-order valence-electron chi connectivity index (χ3n) is 3.93. The smallest absolute Gasteiger partial charge is 0.399 e. The first-order valence-electron chi connectivity index (χ1n) is 6.42. The summed E-state index contributed by atoms with van der Waals surface area (Å²) in [4.78, 5) is 11.0. The highest BCUT2D eigenvalue weighted by Crippen LogP contribution is 2.36. The van der Waals surface area contributed by atoms with E-state index in [0.717, 1.165) is 17.4 Å². The molecule has 1 aliphatic rings. The van der Waals surface area contributed by atoms with E-state index in [-0.39, 0.29) is 11.2 Å². The van der Waals surface area contributed by atoms with Crippen molar-refractivity contribution in [2.75, 3.05) is 12.4 Å².